The molecule has 30 heavy (non-hydrogen) atoms. The molecule has 2 unspecified atom stereocenters. The fraction of sp³-hybridized carbons (Fsp3) is 0.545. The van der Waals surface area contributed by atoms with Crippen LogP contribution in [0.25, 0.3) is 0 Å². The lowest BCUT2D eigenvalue weighted by Crippen LogP contribution is -2.50. The fourth-order valence-electron chi connectivity index (χ4n) is 4.37. The van der Waals surface area contributed by atoms with Gasteiger partial charge >= 0.3 is 0 Å². The van der Waals surface area contributed by atoms with Gasteiger partial charge in [-0.1, -0.05) is 30.3 Å². The van der Waals surface area contributed by atoms with Crippen LogP contribution in [0.3, 0.4) is 0 Å². The molecule has 0 radical (unpaired) electrons. The van der Waals surface area contributed by atoms with Crippen LogP contribution in [-0.2, 0) is 24.8 Å². The Kier molecular flexibility index (Phi) is 8.52. The van der Waals surface area contributed by atoms with Gasteiger partial charge in [0, 0.05) is 53.0 Å². The van der Waals surface area contributed by atoms with Crippen molar-refractivity contribution in [3.63, 3.8) is 0 Å². The molecule has 2 aliphatic heterocycles. The number of aryl methyl sites for hydroxylation is 2. The summed E-state index contributed by atoms with van der Waals surface area (Å²) < 4.78 is 7.96. The Balaban J connectivity index is 0.00000256. The zero-order chi connectivity index (χ0) is 20.1. The van der Waals surface area contributed by atoms with Crippen LogP contribution in [0.15, 0.2) is 47.7 Å². The average molecular weight is 524 g/mol. The van der Waals surface area contributed by atoms with Crippen molar-refractivity contribution in [1.29, 1.82) is 0 Å². The molecular weight excluding hydrogens is 491 g/mol. The summed E-state index contributed by atoms with van der Waals surface area (Å²) in [5, 5.41) is 7.77. The molecule has 0 bridgehead atoms. The molecule has 4 rings (SSSR count). The molecule has 0 saturated carbocycles. The van der Waals surface area contributed by atoms with Crippen molar-refractivity contribution in [3.8, 4) is 0 Å². The van der Waals surface area contributed by atoms with E-state index in [4.69, 9.17) is 4.74 Å². The minimum atomic E-state index is 0. The number of nitrogens with zero attached hydrogens (tertiary/aromatic N) is 5. The molecule has 164 valence electrons. The molecule has 1 aromatic heterocycles. The highest BCUT2D eigenvalue weighted by Gasteiger charge is 2.41. The van der Waals surface area contributed by atoms with Gasteiger partial charge in [0.1, 0.15) is 0 Å². The van der Waals surface area contributed by atoms with Gasteiger partial charge in [0.05, 0.1) is 24.9 Å². The Hall–Kier alpha value is -1.65. The molecule has 2 fully saturated rings. The standard InChI is InChI=1S/C22H32N6O.HI/c1-23-22(24-10-6-9-19-13-25-26(2)14-19)28-16-20-21(17-28)29-12-11-27(20)15-18-7-4-3-5-8-18;/h3-5,7-8,13-14,20-21H,6,9-12,15-17H2,1-2H3,(H,23,24);1H. The number of benzene rings is 1. The van der Waals surface area contributed by atoms with E-state index >= 15 is 0 Å². The second-order valence-corrected chi connectivity index (χ2v) is 7.94. The van der Waals surface area contributed by atoms with Gasteiger partial charge in [0.2, 0.25) is 0 Å². The average Bonchev–Trinajstić information content (AvgIpc) is 3.35. The zero-order valence-electron chi connectivity index (χ0n) is 17.9. The van der Waals surface area contributed by atoms with Gasteiger partial charge in [0.25, 0.3) is 0 Å². The van der Waals surface area contributed by atoms with Crippen LogP contribution in [-0.4, -0.2) is 77.5 Å². The molecule has 1 aromatic carbocycles. The van der Waals surface area contributed by atoms with Crippen LogP contribution in [0.4, 0.5) is 0 Å². The number of aliphatic imine (C=N–C) groups is 1. The molecule has 2 aromatic rings. The van der Waals surface area contributed by atoms with Crippen molar-refractivity contribution < 1.29 is 4.74 Å². The predicted octanol–water partition coefficient (Wildman–Crippen LogP) is 2.13. The van der Waals surface area contributed by atoms with Gasteiger partial charge in [-0.15, -0.1) is 24.0 Å². The quantitative estimate of drug-likeness (QED) is 0.272. The summed E-state index contributed by atoms with van der Waals surface area (Å²) in [6, 6.07) is 11.1. The van der Waals surface area contributed by atoms with E-state index < -0.39 is 0 Å². The van der Waals surface area contributed by atoms with E-state index in [1.165, 1.54) is 11.1 Å². The van der Waals surface area contributed by atoms with Crippen molar-refractivity contribution in [2.75, 3.05) is 39.8 Å². The largest absolute Gasteiger partial charge is 0.373 e. The maximum Gasteiger partial charge on any atom is 0.193 e. The van der Waals surface area contributed by atoms with Gasteiger partial charge in [0.15, 0.2) is 5.96 Å². The predicted molar refractivity (Wildman–Crippen MR) is 130 cm³/mol. The topological polar surface area (TPSA) is 57.9 Å². The molecule has 2 atom stereocenters. The van der Waals surface area contributed by atoms with Gasteiger partial charge in [-0.2, -0.15) is 5.10 Å². The van der Waals surface area contributed by atoms with E-state index in [2.05, 4.69) is 61.7 Å². The monoisotopic (exact) mass is 524 g/mol. The van der Waals surface area contributed by atoms with Crippen LogP contribution in [0.1, 0.15) is 17.5 Å². The molecule has 2 aliphatic rings. The van der Waals surface area contributed by atoms with E-state index in [0.717, 1.165) is 58.1 Å². The Morgan fingerprint density at radius 3 is 2.80 bits per heavy atom. The van der Waals surface area contributed by atoms with E-state index in [9.17, 15) is 0 Å². The Bertz CT molecular complexity index is 811. The van der Waals surface area contributed by atoms with Crippen molar-refractivity contribution >= 4 is 29.9 Å². The van der Waals surface area contributed by atoms with Gasteiger partial charge in [-0.25, -0.2) is 0 Å². The number of rotatable bonds is 6. The summed E-state index contributed by atoms with van der Waals surface area (Å²) in [7, 11) is 3.83. The highest BCUT2D eigenvalue weighted by atomic mass is 127. The lowest BCUT2D eigenvalue weighted by Gasteiger charge is -2.36. The number of likely N-dealkylation sites (tertiary alicyclic amines) is 1. The summed E-state index contributed by atoms with van der Waals surface area (Å²) in [6.07, 6.45) is 6.36. The summed E-state index contributed by atoms with van der Waals surface area (Å²) in [5.41, 5.74) is 2.64. The number of ether oxygens (including phenoxy) is 1. The molecule has 8 heteroatoms. The first-order chi connectivity index (χ1) is 14.2. The van der Waals surface area contributed by atoms with Crippen molar-refractivity contribution in [1.82, 2.24) is 24.9 Å². The normalized spacial score (nSPS) is 21.9. The summed E-state index contributed by atoms with van der Waals surface area (Å²) >= 11 is 0. The third-order valence-corrected chi connectivity index (χ3v) is 5.84. The number of nitrogens with one attached hydrogen (secondary N) is 1. The Morgan fingerprint density at radius 2 is 2.07 bits per heavy atom. The molecule has 7 nitrogen and oxygen atoms in total. The number of fused-ring (bicyclic) bond motifs is 1. The Morgan fingerprint density at radius 1 is 1.23 bits per heavy atom. The number of hydrogen-bond donors (Lipinski definition) is 1. The molecule has 2 saturated heterocycles. The van der Waals surface area contributed by atoms with E-state index in [1.807, 2.05) is 25.0 Å². The van der Waals surface area contributed by atoms with Crippen LogP contribution < -0.4 is 5.32 Å². The third kappa shape index (κ3) is 5.73. The molecular formula is C22H33IN6O. The van der Waals surface area contributed by atoms with E-state index in [0.29, 0.717) is 6.04 Å². The van der Waals surface area contributed by atoms with Crippen LogP contribution in [0, 0.1) is 0 Å². The number of hydrogen-bond acceptors (Lipinski definition) is 4. The molecule has 0 amide bonds. The number of morpholine rings is 1. The van der Waals surface area contributed by atoms with Crippen LogP contribution in [0.2, 0.25) is 0 Å². The van der Waals surface area contributed by atoms with Crippen molar-refractivity contribution in [2.45, 2.75) is 31.5 Å². The number of halogens is 1. The SMILES string of the molecule is CN=C(NCCCc1cnn(C)c1)N1CC2OCCN(Cc3ccccc3)C2C1.I. The second kappa shape index (κ2) is 11.1. The van der Waals surface area contributed by atoms with Gasteiger partial charge < -0.3 is 15.0 Å². The first kappa shape index (κ1) is 23.0. The summed E-state index contributed by atoms with van der Waals surface area (Å²) in [5.74, 6) is 0.980. The fourth-order valence-corrected chi connectivity index (χ4v) is 4.37. The number of aromatic nitrogens is 2. The maximum absolute atomic E-state index is 6.11. The van der Waals surface area contributed by atoms with Gasteiger partial charge in [-0.3, -0.25) is 14.6 Å². The van der Waals surface area contributed by atoms with Crippen LogP contribution in [0.5, 0.6) is 0 Å². The van der Waals surface area contributed by atoms with Crippen molar-refractivity contribution in [3.05, 3.63) is 53.9 Å². The van der Waals surface area contributed by atoms with E-state index in [1.54, 1.807) is 0 Å². The van der Waals surface area contributed by atoms with Gasteiger partial charge in [-0.05, 0) is 24.0 Å². The zero-order valence-corrected chi connectivity index (χ0v) is 20.2. The first-order valence-corrected chi connectivity index (χ1v) is 10.6. The smallest absolute Gasteiger partial charge is 0.193 e. The van der Waals surface area contributed by atoms with Crippen molar-refractivity contribution in [2.24, 2.45) is 12.0 Å². The first-order valence-electron chi connectivity index (χ1n) is 10.6. The summed E-state index contributed by atoms with van der Waals surface area (Å²) in [4.78, 5) is 9.45. The summed E-state index contributed by atoms with van der Waals surface area (Å²) in [6.45, 7) is 5.54. The molecule has 0 spiro atoms. The minimum Gasteiger partial charge on any atom is -0.373 e. The Labute approximate surface area is 196 Å². The number of guanidine groups is 1. The highest BCUT2D eigenvalue weighted by molar-refractivity contribution is 14.0. The third-order valence-electron chi connectivity index (χ3n) is 5.84. The molecule has 1 N–H and O–H groups in total. The lowest BCUT2D eigenvalue weighted by atomic mass is 10.1. The lowest BCUT2D eigenvalue weighted by molar-refractivity contribution is -0.0502. The molecule has 0 aliphatic carbocycles. The van der Waals surface area contributed by atoms with Crippen LogP contribution >= 0.6 is 24.0 Å². The maximum atomic E-state index is 6.11. The minimum absolute atomic E-state index is 0. The molecule has 3 heterocycles. The second-order valence-electron chi connectivity index (χ2n) is 7.94. The van der Waals surface area contributed by atoms with E-state index in [-0.39, 0.29) is 30.1 Å². The highest BCUT2D eigenvalue weighted by Crippen LogP contribution is 2.24.